The molecule has 0 spiro atoms. The lowest BCUT2D eigenvalue weighted by atomic mass is 10.2. The predicted molar refractivity (Wildman–Crippen MR) is 48.6 cm³/mol. The van der Waals surface area contributed by atoms with Gasteiger partial charge in [-0.05, 0) is 26.9 Å². The molecule has 0 radical (unpaired) electrons. The maximum Gasteiger partial charge on any atom is 0.0987 e. The number of hydrogen-bond acceptors (Lipinski definition) is 2. The first-order valence-electron chi connectivity index (χ1n) is 4.57. The minimum Gasteiger partial charge on any atom is -0.366 e. The van der Waals surface area contributed by atoms with Crippen molar-refractivity contribution in [1.29, 1.82) is 0 Å². The third kappa shape index (κ3) is 7.82. The quantitative estimate of drug-likeness (QED) is 0.416. The van der Waals surface area contributed by atoms with Gasteiger partial charge < -0.3 is 4.74 Å². The first kappa shape index (κ1) is 10.9. The zero-order chi connectivity index (χ0) is 8.53. The van der Waals surface area contributed by atoms with Crippen molar-refractivity contribution in [1.82, 2.24) is 4.90 Å². The number of rotatable bonds is 7. The number of unbranched alkanes of at least 4 members (excludes halogenated alkanes) is 2. The summed E-state index contributed by atoms with van der Waals surface area (Å²) < 4.78 is 5.25. The molecule has 0 fully saturated rings. The van der Waals surface area contributed by atoms with Gasteiger partial charge in [-0.2, -0.15) is 0 Å². The number of hydrogen-bond donors (Lipinski definition) is 0. The van der Waals surface area contributed by atoms with Crippen molar-refractivity contribution in [3.8, 4) is 0 Å². The standard InChI is InChI=1S/C9H21NO/c1-4-6-7-8-10(3)9-11-5-2/h4-9H2,1-3H3. The maximum absolute atomic E-state index is 5.25. The topological polar surface area (TPSA) is 12.5 Å². The SMILES string of the molecule is CCCCCN(C)COCC. The van der Waals surface area contributed by atoms with E-state index >= 15 is 0 Å². The Morgan fingerprint density at radius 2 is 1.91 bits per heavy atom. The van der Waals surface area contributed by atoms with Gasteiger partial charge in [-0.3, -0.25) is 4.90 Å². The minimum absolute atomic E-state index is 0.778. The maximum atomic E-state index is 5.25. The molecule has 0 aromatic carbocycles. The zero-order valence-corrected chi connectivity index (χ0v) is 8.10. The zero-order valence-electron chi connectivity index (χ0n) is 8.10. The van der Waals surface area contributed by atoms with E-state index in [0.717, 1.165) is 19.9 Å². The minimum atomic E-state index is 0.778. The van der Waals surface area contributed by atoms with Gasteiger partial charge in [-0.1, -0.05) is 19.8 Å². The van der Waals surface area contributed by atoms with Gasteiger partial charge in [0.1, 0.15) is 0 Å². The van der Waals surface area contributed by atoms with Crippen LogP contribution in [0.25, 0.3) is 0 Å². The fourth-order valence-corrected chi connectivity index (χ4v) is 0.943. The number of nitrogens with zero attached hydrogens (tertiary/aromatic N) is 1. The van der Waals surface area contributed by atoms with Crippen LogP contribution in [0.1, 0.15) is 33.1 Å². The van der Waals surface area contributed by atoms with Crippen molar-refractivity contribution in [3.05, 3.63) is 0 Å². The van der Waals surface area contributed by atoms with Gasteiger partial charge in [0.2, 0.25) is 0 Å². The summed E-state index contributed by atoms with van der Waals surface area (Å²) in [4.78, 5) is 2.22. The molecule has 0 aliphatic carbocycles. The molecule has 0 N–H and O–H groups in total. The molecule has 0 rings (SSSR count). The summed E-state index contributed by atoms with van der Waals surface area (Å²) in [5.74, 6) is 0. The molecule has 0 saturated carbocycles. The third-order valence-electron chi connectivity index (χ3n) is 1.66. The lowest BCUT2D eigenvalue weighted by Crippen LogP contribution is -2.22. The molecular weight excluding hydrogens is 138 g/mol. The molecule has 0 unspecified atom stereocenters. The molecule has 0 aromatic heterocycles. The van der Waals surface area contributed by atoms with Gasteiger partial charge in [0.25, 0.3) is 0 Å². The molecule has 0 aliphatic rings. The van der Waals surface area contributed by atoms with Crippen molar-refractivity contribution in [2.45, 2.75) is 33.1 Å². The van der Waals surface area contributed by atoms with E-state index in [-0.39, 0.29) is 0 Å². The summed E-state index contributed by atoms with van der Waals surface area (Å²) >= 11 is 0. The van der Waals surface area contributed by atoms with Crippen LogP contribution in [0.15, 0.2) is 0 Å². The van der Waals surface area contributed by atoms with E-state index in [4.69, 9.17) is 4.74 Å². The fourth-order valence-electron chi connectivity index (χ4n) is 0.943. The Morgan fingerprint density at radius 1 is 1.18 bits per heavy atom. The Hall–Kier alpha value is -0.0800. The van der Waals surface area contributed by atoms with Gasteiger partial charge in [-0.25, -0.2) is 0 Å². The highest BCUT2D eigenvalue weighted by atomic mass is 16.5. The molecule has 0 bridgehead atoms. The largest absolute Gasteiger partial charge is 0.366 e. The van der Waals surface area contributed by atoms with Gasteiger partial charge in [0.05, 0.1) is 6.73 Å². The molecule has 0 atom stereocenters. The third-order valence-corrected chi connectivity index (χ3v) is 1.66. The molecule has 0 aliphatic heterocycles. The Kier molecular flexibility index (Phi) is 7.96. The summed E-state index contributed by atoms with van der Waals surface area (Å²) in [6.07, 6.45) is 3.92. The monoisotopic (exact) mass is 159 g/mol. The second kappa shape index (κ2) is 8.02. The van der Waals surface area contributed by atoms with Crippen LogP contribution in [0.2, 0.25) is 0 Å². The molecule has 0 saturated heterocycles. The summed E-state index contributed by atoms with van der Waals surface area (Å²) in [5, 5.41) is 0. The highest BCUT2D eigenvalue weighted by Crippen LogP contribution is 1.95. The Labute approximate surface area is 70.5 Å². The highest BCUT2D eigenvalue weighted by molar-refractivity contribution is 4.45. The van der Waals surface area contributed by atoms with Crippen LogP contribution in [0.5, 0.6) is 0 Å². The van der Waals surface area contributed by atoms with Crippen LogP contribution < -0.4 is 0 Å². The van der Waals surface area contributed by atoms with Gasteiger partial charge in [0, 0.05) is 6.61 Å². The van der Waals surface area contributed by atoms with Gasteiger partial charge in [-0.15, -0.1) is 0 Å². The summed E-state index contributed by atoms with van der Waals surface area (Å²) in [5.41, 5.74) is 0. The van der Waals surface area contributed by atoms with E-state index in [1.165, 1.54) is 19.3 Å². The first-order valence-corrected chi connectivity index (χ1v) is 4.57. The van der Waals surface area contributed by atoms with Crippen LogP contribution in [0.4, 0.5) is 0 Å². The summed E-state index contributed by atoms with van der Waals surface area (Å²) in [6.45, 7) is 7.01. The van der Waals surface area contributed by atoms with Crippen molar-refractivity contribution >= 4 is 0 Å². The average Bonchev–Trinajstić information content (AvgIpc) is 2.01. The van der Waals surface area contributed by atoms with Crippen molar-refractivity contribution < 1.29 is 4.74 Å². The van der Waals surface area contributed by atoms with E-state index in [9.17, 15) is 0 Å². The number of ether oxygens (including phenoxy) is 1. The lowest BCUT2D eigenvalue weighted by Gasteiger charge is -2.15. The molecule has 0 heterocycles. The summed E-state index contributed by atoms with van der Waals surface area (Å²) in [6, 6.07) is 0. The van der Waals surface area contributed by atoms with Gasteiger partial charge in [0.15, 0.2) is 0 Å². The van der Waals surface area contributed by atoms with Crippen molar-refractivity contribution in [3.63, 3.8) is 0 Å². The van der Waals surface area contributed by atoms with E-state index in [2.05, 4.69) is 18.9 Å². The molecule has 2 heteroatoms. The second-order valence-electron chi connectivity index (χ2n) is 2.91. The molecule has 0 amide bonds. The second-order valence-corrected chi connectivity index (χ2v) is 2.91. The Morgan fingerprint density at radius 3 is 2.45 bits per heavy atom. The van der Waals surface area contributed by atoms with E-state index in [0.29, 0.717) is 0 Å². The lowest BCUT2D eigenvalue weighted by molar-refractivity contribution is 0.0500. The predicted octanol–water partition coefficient (Wildman–Crippen LogP) is 2.10. The normalized spacial score (nSPS) is 10.9. The molecule has 11 heavy (non-hydrogen) atoms. The van der Waals surface area contributed by atoms with Crippen LogP contribution in [-0.4, -0.2) is 31.8 Å². The Bertz CT molecular complexity index is 76.0. The highest BCUT2D eigenvalue weighted by Gasteiger charge is 1.95. The molecule has 0 aromatic rings. The Balaban J connectivity index is 3.02. The fraction of sp³-hybridized carbons (Fsp3) is 1.00. The first-order chi connectivity index (χ1) is 5.31. The smallest absolute Gasteiger partial charge is 0.0987 e. The summed E-state index contributed by atoms with van der Waals surface area (Å²) in [7, 11) is 2.10. The van der Waals surface area contributed by atoms with Gasteiger partial charge >= 0.3 is 0 Å². The van der Waals surface area contributed by atoms with Crippen LogP contribution >= 0.6 is 0 Å². The molecule has 2 nitrogen and oxygen atoms in total. The average molecular weight is 159 g/mol. The van der Waals surface area contributed by atoms with E-state index in [1.54, 1.807) is 0 Å². The van der Waals surface area contributed by atoms with Crippen molar-refractivity contribution in [2.24, 2.45) is 0 Å². The molecular formula is C9H21NO. The van der Waals surface area contributed by atoms with Crippen LogP contribution in [0.3, 0.4) is 0 Å². The van der Waals surface area contributed by atoms with Crippen LogP contribution in [0, 0.1) is 0 Å². The molecule has 68 valence electrons. The van der Waals surface area contributed by atoms with E-state index < -0.39 is 0 Å². The van der Waals surface area contributed by atoms with E-state index in [1.807, 2.05) is 6.92 Å². The van der Waals surface area contributed by atoms with Crippen molar-refractivity contribution in [2.75, 3.05) is 26.9 Å². The van der Waals surface area contributed by atoms with Crippen LogP contribution in [-0.2, 0) is 4.74 Å².